The molecular weight excluding hydrogens is 340 g/mol. The van der Waals surface area contributed by atoms with Crippen molar-refractivity contribution in [1.29, 1.82) is 0 Å². The van der Waals surface area contributed by atoms with Crippen LogP contribution in [0.1, 0.15) is 11.1 Å². The summed E-state index contributed by atoms with van der Waals surface area (Å²) in [5.41, 5.74) is 1.27. The summed E-state index contributed by atoms with van der Waals surface area (Å²) < 4.78 is 34.0. The van der Waals surface area contributed by atoms with Crippen molar-refractivity contribution in [2.24, 2.45) is 0 Å². The normalized spacial score (nSPS) is 11.5. The molecule has 0 atom stereocenters. The van der Waals surface area contributed by atoms with Crippen LogP contribution in [0.2, 0.25) is 0 Å². The number of hydrogen-bond acceptors (Lipinski definition) is 5. The van der Waals surface area contributed by atoms with Crippen molar-refractivity contribution >= 4 is 21.7 Å². The van der Waals surface area contributed by atoms with Crippen molar-refractivity contribution in [3.63, 3.8) is 0 Å². The number of carbonyl (C=O) groups excluding carboxylic acids is 1. The predicted octanol–water partition coefficient (Wildman–Crippen LogP) is 2.93. The minimum atomic E-state index is -3.37. The fraction of sp³-hybridized carbons (Fsp3) is 0.211. The predicted molar refractivity (Wildman–Crippen MR) is 96.8 cm³/mol. The van der Waals surface area contributed by atoms with Gasteiger partial charge in [0.1, 0.15) is 0 Å². The smallest absolute Gasteiger partial charge is 0.175 e. The molecule has 0 bridgehead atoms. The molecule has 0 saturated heterocycles. The molecule has 0 aliphatic rings. The first kappa shape index (κ1) is 18.7. The summed E-state index contributed by atoms with van der Waals surface area (Å²) in [5, 5.41) is 0. The lowest BCUT2D eigenvalue weighted by Gasteiger charge is -2.07. The Morgan fingerprint density at radius 2 is 1.72 bits per heavy atom. The van der Waals surface area contributed by atoms with Crippen molar-refractivity contribution in [3.05, 3.63) is 59.7 Å². The maximum Gasteiger partial charge on any atom is 0.175 e. The number of benzene rings is 2. The van der Waals surface area contributed by atoms with E-state index in [1.165, 1.54) is 12.1 Å². The van der Waals surface area contributed by atoms with Gasteiger partial charge in [0.05, 0.1) is 19.1 Å². The molecule has 0 unspecified atom stereocenters. The number of methoxy groups -OCH3 is 2. The second kappa shape index (κ2) is 7.98. The van der Waals surface area contributed by atoms with Gasteiger partial charge in [0.25, 0.3) is 0 Å². The van der Waals surface area contributed by atoms with Gasteiger partial charge in [-0.05, 0) is 35.4 Å². The highest BCUT2D eigenvalue weighted by molar-refractivity contribution is 7.90. The van der Waals surface area contributed by atoms with Gasteiger partial charge in [0.2, 0.25) is 0 Å². The number of allylic oxidation sites excluding steroid dienone is 1. The molecule has 0 aromatic heterocycles. The zero-order valence-electron chi connectivity index (χ0n) is 14.4. The molecule has 25 heavy (non-hydrogen) atoms. The molecule has 2 rings (SSSR count). The molecule has 6 heteroatoms. The van der Waals surface area contributed by atoms with Gasteiger partial charge in [-0.15, -0.1) is 0 Å². The molecule has 0 radical (unpaired) electrons. The van der Waals surface area contributed by atoms with Crippen molar-refractivity contribution < 1.29 is 22.7 Å². The third kappa shape index (κ3) is 4.93. The average molecular weight is 360 g/mol. The third-order valence-electron chi connectivity index (χ3n) is 3.61. The van der Waals surface area contributed by atoms with Crippen LogP contribution in [0, 0.1) is 0 Å². The number of ether oxygens (including phenoxy) is 2. The Hall–Kier alpha value is -2.60. The molecule has 0 N–H and O–H groups in total. The molecule has 132 valence electrons. The first-order chi connectivity index (χ1) is 11.8. The highest BCUT2D eigenvalue weighted by Gasteiger charge is 2.14. The van der Waals surface area contributed by atoms with Crippen molar-refractivity contribution in [2.75, 3.05) is 20.5 Å². The summed E-state index contributed by atoms with van der Waals surface area (Å²) in [4.78, 5) is 12.4. The SMILES string of the molecule is COc1ccc(/C=C/C(=O)Cc2ccccc2S(C)(=O)=O)cc1OC. The molecule has 0 aliphatic carbocycles. The van der Waals surface area contributed by atoms with Crippen LogP contribution in [0.25, 0.3) is 6.08 Å². The summed E-state index contributed by atoms with van der Waals surface area (Å²) in [6.45, 7) is 0. The monoisotopic (exact) mass is 360 g/mol. The van der Waals surface area contributed by atoms with Gasteiger partial charge in [-0.1, -0.05) is 30.3 Å². The molecule has 0 amide bonds. The van der Waals surface area contributed by atoms with E-state index in [-0.39, 0.29) is 17.1 Å². The van der Waals surface area contributed by atoms with E-state index in [2.05, 4.69) is 0 Å². The van der Waals surface area contributed by atoms with Gasteiger partial charge in [0.15, 0.2) is 27.1 Å². The molecule has 2 aromatic rings. The van der Waals surface area contributed by atoms with Crippen LogP contribution < -0.4 is 9.47 Å². The van der Waals surface area contributed by atoms with Gasteiger partial charge in [-0.2, -0.15) is 0 Å². The maximum atomic E-state index is 12.2. The minimum Gasteiger partial charge on any atom is -0.493 e. The zero-order valence-corrected chi connectivity index (χ0v) is 15.2. The third-order valence-corrected chi connectivity index (χ3v) is 4.80. The Balaban J connectivity index is 2.17. The topological polar surface area (TPSA) is 69.7 Å². The number of rotatable bonds is 7. The lowest BCUT2D eigenvalue weighted by molar-refractivity contribution is -0.114. The second-order valence-corrected chi connectivity index (χ2v) is 7.45. The fourth-order valence-corrected chi connectivity index (χ4v) is 3.35. The first-order valence-corrected chi connectivity index (χ1v) is 9.45. The van der Waals surface area contributed by atoms with Crippen LogP contribution in [0.5, 0.6) is 11.5 Å². The maximum absolute atomic E-state index is 12.2. The van der Waals surface area contributed by atoms with E-state index in [1.807, 2.05) is 0 Å². The van der Waals surface area contributed by atoms with E-state index in [0.717, 1.165) is 11.8 Å². The zero-order chi connectivity index (χ0) is 18.4. The first-order valence-electron chi connectivity index (χ1n) is 7.56. The Kier molecular flexibility index (Phi) is 5.98. The van der Waals surface area contributed by atoms with Gasteiger partial charge >= 0.3 is 0 Å². The molecule has 0 spiro atoms. The van der Waals surface area contributed by atoms with Gasteiger partial charge in [-0.3, -0.25) is 4.79 Å². The lowest BCUT2D eigenvalue weighted by atomic mass is 10.1. The summed E-state index contributed by atoms with van der Waals surface area (Å²) >= 11 is 0. The van der Waals surface area contributed by atoms with E-state index in [4.69, 9.17) is 9.47 Å². The van der Waals surface area contributed by atoms with Gasteiger partial charge in [-0.25, -0.2) is 8.42 Å². The molecule has 5 nitrogen and oxygen atoms in total. The van der Waals surface area contributed by atoms with Gasteiger partial charge < -0.3 is 9.47 Å². The van der Waals surface area contributed by atoms with Gasteiger partial charge in [0, 0.05) is 12.7 Å². The van der Waals surface area contributed by atoms with Crippen LogP contribution in [-0.2, 0) is 21.1 Å². The molecule has 2 aromatic carbocycles. The summed E-state index contributed by atoms with van der Waals surface area (Å²) in [5.74, 6) is 0.985. The average Bonchev–Trinajstić information content (AvgIpc) is 2.59. The second-order valence-electron chi connectivity index (χ2n) is 5.47. The van der Waals surface area contributed by atoms with E-state index in [9.17, 15) is 13.2 Å². The Morgan fingerprint density at radius 1 is 1.04 bits per heavy atom. The molecular formula is C19H20O5S. The van der Waals surface area contributed by atoms with E-state index >= 15 is 0 Å². The minimum absolute atomic E-state index is 0.0209. The number of hydrogen-bond donors (Lipinski definition) is 0. The Morgan fingerprint density at radius 3 is 2.36 bits per heavy atom. The highest BCUT2D eigenvalue weighted by Crippen LogP contribution is 2.28. The van der Waals surface area contributed by atoms with Crippen molar-refractivity contribution in [1.82, 2.24) is 0 Å². The highest BCUT2D eigenvalue weighted by atomic mass is 32.2. The summed E-state index contributed by atoms with van der Waals surface area (Å²) in [6.07, 6.45) is 4.25. The number of carbonyl (C=O) groups is 1. The quantitative estimate of drug-likeness (QED) is 0.710. The number of sulfone groups is 1. The van der Waals surface area contributed by atoms with E-state index in [0.29, 0.717) is 17.1 Å². The molecule has 0 saturated carbocycles. The molecule has 0 aliphatic heterocycles. The van der Waals surface area contributed by atoms with E-state index < -0.39 is 9.84 Å². The van der Waals surface area contributed by atoms with E-state index in [1.54, 1.807) is 56.7 Å². The summed E-state index contributed by atoms with van der Waals surface area (Å²) in [6, 6.07) is 11.8. The molecule has 0 fully saturated rings. The van der Waals surface area contributed by atoms with Crippen LogP contribution in [0.15, 0.2) is 53.4 Å². The van der Waals surface area contributed by atoms with Crippen molar-refractivity contribution in [3.8, 4) is 11.5 Å². The fourth-order valence-electron chi connectivity index (χ4n) is 2.40. The lowest BCUT2D eigenvalue weighted by Crippen LogP contribution is -2.06. The van der Waals surface area contributed by atoms with Crippen LogP contribution in [-0.4, -0.2) is 34.7 Å². The standard InChI is InChI=1S/C19H20O5S/c1-23-17-11-9-14(12-18(17)24-2)8-10-16(20)13-15-6-4-5-7-19(15)25(3,21)22/h4-12H,13H2,1-3H3/b10-8+. The summed E-state index contributed by atoms with van der Waals surface area (Å²) in [7, 11) is -0.278. The largest absolute Gasteiger partial charge is 0.493 e. The Bertz CT molecular complexity index is 898. The van der Waals surface area contributed by atoms with Crippen LogP contribution in [0.4, 0.5) is 0 Å². The van der Waals surface area contributed by atoms with Crippen LogP contribution in [0.3, 0.4) is 0 Å². The van der Waals surface area contributed by atoms with Crippen LogP contribution >= 0.6 is 0 Å². The van der Waals surface area contributed by atoms with Crippen molar-refractivity contribution in [2.45, 2.75) is 11.3 Å². The number of ketones is 1. The molecule has 0 heterocycles. The Labute approximate surface area is 147 Å².